The number of rotatable bonds is 3. The molecule has 1 aromatic carbocycles. The van der Waals surface area contributed by atoms with Crippen LogP contribution in [0, 0.1) is 16.7 Å². The van der Waals surface area contributed by atoms with Gasteiger partial charge >= 0.3 is 0 Å². The Labute approximate surface area is 163 Å². The molecule has 3 saturated carbocycles. The van der Waals surface area contributed by atoms with Gasteiger partial charge in [0.05, 0.1) is 0 Å². The van der Waals surface area contributed by atoms with Crippen molar-refractivity contribution in [1.82, 2.24) is 0 Å². The van der Waals surface area contributed by atoms with Gasteiger partial charge in [0.15, 0.2) is 5.76 Å². The average molecular weight is 365 g/mol. The van der Waals surface area contributed by atoms with Crippen molar-refractivity contribution >= 4 is 5.78 Å². The highest BCUT2D eigenvalue weighted by molar-refractivity contribution is 6.01. The first kappa shape index (κ1) is 17.5. The van der Waals surface area contributed by atoms with E-state index in [0.29, 0.717) is 17.1 Å². The number of ether oxygens (including phenoxy) is 1. The van der Waals surface area contributed by atoms with Gasteiger partial charge in [0.1, 0.15) is 6.10 Å². The van der Waals surface area contributed by atoms with Crippen LogP contribution in [-0.4, -0.2) is 11.9 Å². The zero-order valence-electron chi connectivity index (χ0n) is 16.8. The molecule has 0 amide bonds. The second-order valence-corrected chi connectivity index (χ2v) is 10.2. The molecule has 4 aliphatic carbocycles. The molecule has 3 fully saturated rings. The number of hydrogen-bond donors (Lipinski definition) is 0. The SMILES string of the molecule is CC1(C)CC2=C(O[C@@H]3CCCC[C@H]3c3ccccc3)C(=O)[C@@H]3CCC[C@]23C1. The van der Waals surface area contributed by atoms with Gasteiger partial charge in [-0.05, 0) is 61.5 Å². The van der Waals surface area contributed by atoms with Crippen molar-refractivity contribution in [3.8, 4) is 0 Å². The topological polar surface area (TPSA) is 26.3 Å². The molecule has 0 unspecified atom stereocenters. The maximum absolute atomic E-state index is 13.3. The molecule has 1 aromatic rings. The quantitative estimate of drug-likeness (QED) is 0.641. The molecule has 0 N–H and O–H groups in total. The lowest BCUT2D eigenvalue weighted by atomic mass is 9.74. The number of hydrogen-bond acceptors (Lipinski definition) is 2. The number of allylic oxidation sites excluding steroid dienone is 2. The molecular formula is C25H32O2. The maximum atomic E-state index is 13.3. The molecule has 27 heavy (non-hydrogen) atoms. The Kier molecular flexibility index (Phi) is 4.04. The lowest BCUT2D eigenvalue weighted by Crippen LogP contribution is -2.29. The molecule has 144 valence electrons. The summed E-state index contributed by atoms with van der Waals surface area (Å²) in [6, 6.07) is 10.8. The summed E-state index contributed by atoms with van der Waals surface area (Å²) in [5, 5.41) is 0. The van der Waals surface area contributed by atoms with Gasteiger partial charge in [0.25, 0.3) is 0 Å². The van der Waals surface area contributed by atoms with Crippen molar-refractivity contribution < 1.29 is 9.53 Å². The Hall–Kier alpha value is -1.57. The van der Waals surface area contributed by atoms with E-state index < -0.39 is 0 Å². The number of carbonyl (C=O) groups is 1. The minimum absolute atomic E-state index is 0.146. The van der Waals surface area contributed by atoms with Gasteiger partial charge in [-0.15, -0.1) is 0 Å². The van der Waals surface area contributed by atoms with Crippen LogP contribution in [0.3, 0.4) is 0 Å². The van der Waals surface area contributed by atoms with E-state index in [4.69, 9.17) is 4.74 Å². The van der Waals surface area contributed by atoms with Crippen molar-refractivity contribution in [1.29, 1.82) is 0 Å². The molecule has 2 heteroatoms. The van der Waals surface area contributed by atoms with Crippen molar-refractivity contribution in [2.45, 2.75) is 83.7 Å². The van der Waals surface area contributed by atoms with E-state index in [0.717, 1.165) is 25.0 Å². The fourth-order valence-corrected chi connectivity index (χ4v) is 6.92. The van der Waals surface area contributed by atoms with Crippen LogP contribution in [0.25, 0.3) is 0 Å². The third-order valence-electron chi connectivity index (χ3n) is 7.85. The standard InChI is InChI=1S/C25H32O2/c1-24(2)15-20-23(22(26)19-12-8-14-25(19,20)16-24)27-21-13-7-6-11-18(21)17-9-4-3-5-10-17/h3-5,9-10,18-19,21H,6-8,11-16H2,1-2H3/t18-,19-,21+,25+/m0/s1. The predicted octanol–water partition coefficient (Wildman–Crippen LogP) is 6.17. The molecule has 4 aliphatic rings. The van der Waals surface area contributed by atoms with Gasteiger partial charge in [-0.2, -0.15) is 0 Å². The Morgan fingerprint density at radius 3 is 2.59 bits per heavy atom. The fraction of sp³-hybridized carbons (Fsp3) is 0.640. The van der Waals surface area contributed by atoms with Gasteiger partial charge in [0.2, 0.25) is 5.78 Å². The molecule has 0 aromatic heterocycles. The summed E-state index contributed by atoms with van der Waals surface area (Å²) in [5.41, 5.74) is 3.23. The Balaban J connectivity index is 1.48. The first-order valence-electron chi connectivity index (χ1n) is 11.0. The van der Waals surface area contributed by atoms with E-state index in [2.05, 4.69) is 44.2 Å². The smallest absolute Gasteiger partial charge is 0.201 e. The van der Waals surface area contributed by atoms with Gasteiger partial charge in [-0.25, -0.2) is 0 Å². The summed E-state index contributed by atoms with van der Waals surface area (Å²) in [6.45, 7) is 4.75. The number of ketones is 1. The molecule has 0 bridgehead atoms. The zero-order chi connectivity index (χ0) is 18.6. The highest BCUT2D eigenvalue weighted by Crippen LogP contribution is 2.67. The Bertz CT molecular complexity index is 775. The Morgan fingerprint density at radius 1 is 1.00 bits per heavy atom. The second kappa shape index (κ2) is 6.22. The minimum atomic E-state index is 0.146. The molecule has 0 saturated heterocycles. The largest absolute Gasteiger partial charge is 0.486 e. The molecule has 4 atom stereocenters. The predicted molar refractivity (Wildman–Crippen MR) is 107 cm³/mol. The molecular weight excluding hydrogens is 332 g/mol. The number of benzene rings is 1. The summed E-state index contributed by atoms with van der Waals surface area (Å²) < 4.78 is 6.70. The van der Waals surface area contributed by atoms with Gasteiger partial charge in [-0.3, -0.25) is 4.79 Å². The summed E-state index contributed by atoms with van der Waals surface area (Å²) in [6.07, 6.45) is 10.6. The van der Waals surface area contributed by atoms with Crippen LogP contribution < -0.4 is 0 Å². The van der Waals surface area contributed by atoms with Crippen molar-refractivity contribution in [3.63, 3.8) is 0 Å². The highest BCUT2D eigenvalue weighted by atomic mass is 16.5. The molecule has 0 heterocycles. The first-order chi connectivity index (χ1) is 13.0. The van der Waals surface area contributed by atoms with Gasteiger partial charge in [0, 0.05) is 17.3 Å². The lowest BCUT2D eigenvalue weighted by Gasteiger charge is -2.33. The van der Waals surface area contributed by atoms with Gasteiger partial charge in [-0.1, -0.05) is 57.0 Å². The van der Waals surface area contributed by atoms with E-state index in [1.807, 2.05) is 0 Å². The van der Waals surface area contributed by atoms with E-state index >= 15 is 0 Å². The molecule has 0 aliphatic heterocycles. The van der Waals surface area contributed by atoms with E-state index in [9.17, 15) is 4.79 Å². The molecule has 5 rings (SSSR count). The highest BCUT2D eigenvalue weighted by Gasteiger charge is 2.62. The van der Waals surface area contributed by atoms with E-state index in [1.54, 1.807) is 0 Å². The van der Waals surface area contributed by atoms with Crippen LogP contribution in [0.2, 0.25) is 0 Å². The third-order valence-corrected chi connectivity index (χ3v) is 7.85. The summed E-state index contributed by atoms with van der Waals surface area (Å²) in [7, 11) is 0. The summed E-state index contributed by atoms with van der Waals surface area (Å²) >= 11 is 0. The normalized spacial score (nSPS) is 37.4. The molecule has 0 radical (unpaired) electrons. The Morgan fingerprint density at radius 2 is 1.78 bits per heavy atom. The monoisotopic (exact) mass is 364 g/mol. The molecule has 1 spiro atoms. The van der Waals surface area contributed by atoms with E-state index in [-0.39, 0.29) is 17.4 Å². The number of carbonyl (C=O) groups excluding carboxylic acids is 1. The third kappa shape index (κ3) is 2.70. The maximum Gasteiger partial charge on any atom is 0.201 e. The summed E-state index contributed by atoms with van der Waals surface area (Å²) in [4.78, 5) is 13.3. The van der Waals surface area contributed by atoms with Crippen molar-refractivity contribution in [3.05, 3.63) is 47.2 Å². The lowest BCUT2D eigenvalue weighted by molar-refractivity contribution is -0.124. The van der Waals surface area contributed by atoms with Crippen LogP contribution in [0.15, 0.2) is 41.7 Å². The zero-order valence-corrected chi connectivity index (χ0v) is 16.8. The minimum Gasteiger partial charge on any atom is -0.486 e. The van der Waals surface area contributed by atoms with Crippen molar-refractivity contribution in [2.24, 2.45) is 16.7 Å². The first-order valence-corrected chi connectivity index (χ1v) is 11.0. The second-order valence-electron chi connectivity index (χ2n) is 10.2. The van der Waals surface area contributed by atoms with Crippen LogP contribution >= 0.6 is 0 Å². The summed E-state index contributed by atoms with van der Waals surface area (Å²) in [5.74, 6) is 1.78. The van der Waals surface area contributed by atoms with Crippen LogP contribution in [0.4, 0.5) is 0 Å². The fourth-order valence-electron chi connectivity index (χ4n) is 6.92. The van der Waals surface area contributed by atoms with Crippen LogP contribution in [0.1, 0.15) is 83.1 Å². The molecule has 2 nitrogen and oxygen atoms in total. The average Bonchev–Trinajstić information content (AvgIpc) is 3.25. The number of Topliss-reactive ketones (excluding diaryl/α,β-unsaturated/α-hetero) is 1. The van der Waals surface area contributed by atoms with Gasteiger partial charge < -0.3 is 4.74 Å². The van der Waals surface area contributed by atoms with E-state index in [1.165, 1.54) is 49.7 Å². The van der Waals surface area contributed by atoms with Crippen molar-refractivity contribution in [2.75, 3.05) is 0 Å². The van der Waals surface area contributed by atoms with Crippen LogP contribution in [0.5, 0.6) is 0 Å². The van der Waals surface area contributed by atoms with Crippen LogP contribution in [-0.2, 0) is 9.53 Å².